The monoisotopic (exact) mass is 415 g/mol. The molecule has 1 aliphatic heterocycles. The molecule has 8 nitrogen and oxygen atoms in total. The van der Waals surface area contributed by atoms with Gasteiger partial charge in [0.05, 0.1) is 10.5 Å². The molecule has 0 spiro atoms. The molecule has 2 aliphatic rings. The van der Waals surface area contributed by atoms with Crippen LogP contribution < -0.4 is 10.2 Å². The third kappa shape index (κ3) is 5.58. The summed E-state index contributed by atoms with van der Waals surface area (Å²) in [5, 5.41) is 14.3. The lowest BCUT2D eigenvalue weighted by molar-refractivity contribution is -0.384. The van der Waals surface area contributed by atoms with Crippen molar-refractivity contribution < 1.29 is 19.2 Å². The van der Waals surface area contributed by atoms with Crippen LogP contribution >= 0.6 is 0 Å². The van der Waals surface area contributed by atoms with E-state index in [2.05, 4.69) is 11.4 Å². The standard InChI is InChI=1S/C22H29N3O5/c1-16(21(26)23-12-11-17-7-3-2-4-8-17)30-22(27)18-9-10-19(20(15-18)25(28)29)24-13-5-6-14-24/h7,9-10,15-16H,2-6,8,11-14H2,1H3,(H,23,26)/t16-/m0/s1. The van der Waals surface area contributed by atoms with Crippen molar-refractivity contribution in [3.8, 4) is 0 Å². The highest BCUT2D eigenvalue weighted by Crippen LogP contribution is 2.32. The summed E-state index contributed by atoms with van der Waals surface area (Å²) in [6.07, 6.45) is 8.63. The van der Waals surface area contributed by atoms with Gasteiger partial charge in [-0.3, -0.25) is 14.9 Å². The van der Waals surface area contributed by atoms with E-state index in [1.165, 1.54) is 37.5 Å². The maximum absolute atomic E-state index is 12.4. The van der Waals surface area contributed by atoms with Gasteiger partial charge in [-0.1, -0.05) is 11.6 Å². The zero-order valence-corrected chi connectivity index (χ0v) is 17.4. The van der Waals surface area contributed by atoms with Crippen LogP contribution in [0.1, 0.15) is 62.2 Å². The van der Waals surface area contributed by atoms with Crippen LogP contribution in [0.3, 0.4) is 0 Å². The van der Waals surface area contributed by atoms with E-state index >= 15 is 0 Å². The number of hydrogen-bond donors (Lipinski definition) is 1. The molecule has 1 heterocycles. The number of allylic oxidation sites excluding steroid dienone is 1. The first-order valence-electron chi connectivity index (χ1n) is 10.7. The Balaban J connectivity index is 1.56. The van der Waals surface area contributed by atoms with Gasteiger partial charge in [0, 0.05) is 25.7 Å². The smallest absolute Gasteiger partial charge is 0.339 e. The number of benzene rings is 1. The molecule has 8 heteroatoms. The molecule has 0 unspecified atom stereocenters. The summed E-state index contributed by atoms with van der Waals surface area (Å²) in [5.41, 5.74) is 1.81. The summed E-state index contributed by atoms with van der Waals surface area (Å²) < 4.78 is 5.24. The van der Waals surface area contributed by atoms with Gasteiger partial charge in [-0.25, -0.2) is 4.79 Å². The highest BCUT2D eigenvalue weighted by atomic mass is 16.6. The Hall–Kier alpha value is -2.90. The number of nitrogens with one attached hydrogen (secondary N) is 1. The second kappa shape index (κ2) is 10.2. The van der Waals surface area contributed by atoms with Crippen molar-refractivity contribution in [2.45, 2.75) is 58.0 Å². The van der Waals surface area contributed by atoms with Gasteiger partial charge in [0.2, 0.25) is 0 Å². The van der Waals surface area contributed by atoms with E-state index in [1.807, 2.05) is 4.90 Å². The molecule has 1 aromatic rings. The largest absolute Gasteiger partial charge is 0.449 e. The summed E-state index contributed by atoms with van der Waals surface area (Å²) in [7, 11) is 0. The van der Waals surface area contributed by atoms with Gasteiger partial charge in [0.1, 0.15) is 5.69 Å². The predicted molar refractivity (Wildman–Crippen MR) is 114 cm³/mol. The lowest BCUT2D eigenvalue weighted by Crippen LogP contribution is -2.36. The molecule has 1 atom stereocenters. The Morgan fingerprint density at radius 2 is 2.00 bits per heavy atom. The fourth-order valence-corrected chi connectivity index (χ4v) is 3.93. The highest BCUT2D eigenvalue weighted by Gasteiger charge is 2.25. The average molecular weight is 415 g/mol. The minimum Gasteiger partial charge on any atom is -0.449 e. The molecule has 1 amide bonds. The van der Waals surface area contributed by atoms with Gasteiger partial charge in [-0.05, 0) is 64.0 Å². The van der Waals surface area contributed by atoms with E-state index in [4.69, 9.17) is 4.74 Å². The number of nitrogens with zero attached hydrogens (tertiary/aromatic N) is 2. The lowest BCUT2D eigenvalue weighted by atomic mass is 9.97. The van der Waals surface area contributed by atoms with Crippen LogP contribution in [-0.4, -0.2) is 42.5 Å². The van der Waals surface area contributed by atoms with E-state index in [0.29, 0.717) is 12.2 Å². The normalized spacial score (nSPS) is 17.2. The summed E-state index contributed by atoms with van der Waals surface area (Å²) in [6.45, 7) is 3.53. The molecule has 0 saturated carbocycles. The summed E-state index contributed by atoms with van der Waals surface area (Å²) in [4.78, 5) is 37.6. The number of carbonyl (C=O) groups is 2. The highest BCUT2D eigenvalue weighted by molar-refractivity contribution is 5.93. The van der Waals surface area contributed by atoms with Crippen LogP contribution in [0.5, 0.6) is 0 Å². The Morgan fingerprint density at radius 3 is 2.67 bits per heavy atom. The molecule has 1 N–H and O–H groups in total. The number of amides is 1. The second-order valence-electron chi connectivity index (χ2n) is 7.85. The lowest BCUT2D eigenvalue weighted by Gasteiger charge is -2.18. The molecule has 1 aromatic carbocycles. The van der Waals surface area contributed by atoms with Gasteiger partial charge < -0.3 is 15.0 Å². The molecule has 0 radical (unpaired) electrons. The van der Waals surface area contributed by atoms with Crippen molar-refractivity contribution >= 4 is 23.3 Å². The summed E-state index contributed by atoms with van der Waals surface area (Å²) in [6, 6.07) is 4.34. The first-order valence-corrected chi connectivity index (χ1v) is 10.7. The first-order chi connectivity index (χ1) is 14.5. The van der Waals surface area contributed by atoms with E-state index < -0.39 is 17.0 Å². The number of nitro benzene ring substituents is 1. The SMILES string of the molecule is C[C@H](OC(=O)c1ccc(N2CCCC2)c([N+](=O)[O-])c1)C(=O)NCCC1=CCCCC1. The molecule has 162 valence electrons. The van der Waals surface area contributed by atoms with Crippen molar-refractivity contribution in [3.63, 3.8) is 0 Å². The van der Waals surface area contributed by atoms with Crippen LogP contribution in [0.25, 0.3) is 0 Å². The molecule has 0 bridgehead atoms. The number of rotatable bonds is 8. The van der Waals surface area contributed by atoms with Crippen molar-refractivity contribution in [1.82, 2.24) is 5.32 Å². The van der Waals surface area contributed by atoms with E-state index in [1.54, 1.807) is 6.07 Å². The van der Waals surface area contributed by atoms with E-state index in [9.17, 15) is 19.7 Å². The third-order valence-corrected chi connectivity index (χ3v) is 5.64. The first kappa shape index (κ1) is 21.8. The molecule has 1 fully saturated rings. The van der Waals surface area contributed by atoms with Crippen LogP contribution in [0.15, 0.2) is 29.8 Å². The molecule has 3 rings (SSSR count). The fourth-order valence-electron chi connectivity index (χ4n) is 3.93. The molecule has 1 aliphatic carbocycles. The summed E-state index contributed by atoms with van der Waals surface area (Å²) >= 11 is 0. The minimum absolute atomic E-state index is 0.0664. The van der Waals surface area contributed by atoms with Crippen molar-refractivity contribution in [2.24, 2.45) is 0 Å². The van der Waals surface area contributed by atoms with E-state index in [0.717, 1.165) is 45.2 Å². The van der Waals surface area contributed by atoms with Gasteiger partial charge in [-0.15, -0.1) is 0 Å². The fraction of sp³-hybridized carbons (Fsp3) is 0.545. The molecule has 1 saturated heterocycles. The Kier molecular flexibility index (Phi) is 7.43. The Bertz CT molecular complexity index is 830. The number of anilines is 1. The zero-order valence-electron chi connectivity index (χ0n) is 17.4. The number of carbonyl (C=O) groups excluding carboxylic acids is 2. The van der Waals surface area contributed by atoms with Gasteiger partial charge >= 0.3 is 5.97 Å². The summed E-state index contributed by atoms with van der Waals surface area (Å²) in [5.74, 6) is -1.12. The Labute approximate surface area is 176 Å². The minimum atomic E-state index is -0.977. The van der Waals surface area contributed by atoms with Crippen LogP contribution in [0, 0.1) is 10.1 Å². The van der Waals surface area contributed by atoms with Crippen molar-refractivity contribution in [2.75, 3.05) is 24.5 Å². The number of ether oxygens (including phenoxy) is 1. The van der Waals surface area contributed by atoms with Gasteiger partial charge in [0.15, 0.2) is 6.10 Å². The third-order valence-electron chi connectivity index (χ3n) is 5.64. The maximum atomic E-state index is 12.4. The molecular formula is C22H29N3O5. The quantitative estimate of drug-likeness (QED) is 0.300. The molecule has 30 heavy (non-hydrogen) atoms. The number of esters is 1. The number of hydrogen-bond acceptors (Lipinski definition) is 6. The zero-order chi connectivity index (χ0) is 21.5. The second-order valence-corrected chi connectivity index (χ2v) is 7.85. The molecule has 0 aromatic heterocycles. The van der Waals surface area contributed by atoms with Crippen LogP contribution in [0.4, 0.5) is 11.4 Å². The average Bonchev–Trinajstić information content (AvgIpc) is 3.28. The predicted octanol–water partition coefficient (Wildman–Crippen LogP) is 3.75. The molecular weight excluding hydrogens is 386 g/mol. The maximum Gasteiger partial charge on any atom is 0.339 e. The van der Waals surface area contributed by atoms with Crippen LogP contribution in [0.2, 0.25) is 0 Å². The van der Waals surface area contributed by atoms with Crippen molar-refractivity contribution in [1.29, 1.82) is 0 Å². The van der Waals surface area contributed by atoms with Crippen LogP contribution in [-0.2, 0) is 9.53 Å². The topological polar surface area (TPSA) is 102 Å². The Morgan fingerprint density at radius 1 is 1.23 bits per heavy atom. The van der Waals surface area contributed by atoms with Gasteiger partial charge in [0.25, 0.3) is 11.6 Å². The van der Waals surface area contributed by atoms with Crippen molar-refractivity contribution in [3.05, 3.63) is 45.5 Å². The van der Waals surface area contributed by atoms with Gasteiger partial charge in [-0.2, -0.15) is 0 Å². The van der Waals surface area contributed by atoms with E-state index in [-0.39, 0.29) is 17.2 Å². The number of nitro groups is 1.